The molecule has 0 aromatic rings. The molecule has 4 heteroatoms. The third-order valence-electron chi connectivity index (χ3n) is 2.54. The summed E-state index contributed by atoms with van der Waals surface area (Å²) in [5, 5.41) is 17.7. The maximum absolute atomic E-state index is 10.7. The van der Waals surface area contributed by atoms with Gasteiger partial charge in [-0.15, -0.1) is 0 Å². The van der Waals surface area contributed by atoms with Crippen LogP contribution in [0.4, 0.5) is 0 Å². The van der Waals surface area contributed by atoms with Crippen molar-refractivity contribution >= 4 is 5.97 Å². The van der Waals surface area contributed by atoms with E-state index in [4.69, 9.17) is 14.9 Å². The van der Waals surface area contributed by atoms with Crippen molar-refractivity contribution in [2.45, 2.75) is 12.2 Å². The molecule has 2 N–H and O–H groups in total. The molecule has 66 valence electrons. The number of hydrogen-bond donors (Lipinski definition) is 2. The van der Waals surface area contributed by atoms with Gasteiger partial charge in [-0.2, -0.15) is 0 Å². The minimum atomic E-state index is -0.883. The lowest BCUT2D eigenvalue weighted by Crippen LogP contribution is -2.33. The summed E-state index contributed by atoms with van der Waals surface area (Å²) < 4.78 is 5.30. The Bertz CT molecular complexity index is 235. The molecule has 1 fully saturated rings. The van der Waals surface area contributed by atoms with Crippen LogP contribution in [0.25, 0.3) is 0 Å². The maximum Gasteiger partial charge on any atom is 0.309 e. The zero-order valence-electron chi connectivity index (χ0n) is 6.38. The van der Waals surface area contributed by atoms with Gasteiger partial charge >= 0.3 is 5.97 Å². The van der Waals surface area contributed by atoms with Gasteiger partial charge in [0.1, 0.15) is 0 Å². The van der Waals surface area contributed by atoms with Crippen LogP contribution in [0.15, 0.2) is 12.2 Å². The Kier molecular flexibility index (Phi) is 1.66. The van der Waals surface area contributed by atoms with E-state index in [1.807, 2.05) is 6.08 Å². The number of aliphatic hydroxyl groups is 1. The minimum absolute atomic E-state index is 0.123. The van der Waals surface area contributed by atoms with Crippen molar-refractivity contribution in [3.8, 4) is 0 Å². The van der Waals surface area contributed by atoms with Crippen LogP contribution in [0.5, 0.6) is 0 Å². The lowest BCUT2D eigenvalue weighted by molar-refractivity contribution is -0.144. The highest BCUT2D eigenvalue weighted by Crippen LogP contribution is 2.38. The van der Waals surface area contributed by atoms with E-state index in [0.29, 0.717) is 0 Å². The standard InChI is InChI=1S/C8H10O4/c9-3-4-5-1-2-6(12-5)7(4)8(10)11/h1-2,4-7,9H,3H2,(H,10,11). The van der Waals surface area contributed by atoms with Crippen LogP contribution in [-0.4, -0.2) is 35.0 Å². The summed E-state index contributed by atoms with van der Waals surface area (Å²) in [7, 11) is 0. The number of fused-ring (bicyclic) bond motifs is 2. The molecular weight excluding hydrogens is 160 g/mol. The fourth-order valence-electron chi connectivity index (χ4n) is 1.93. The molecule has 4 atom stereocenters. The Labute approximate surface area is 69.5 Å². The summed E-state index contributed by atoms with van der Waals surface area (Å²) in [5.74, 6) is -1.71. The number of aliphatic hydroxyl groups excluding tert-OH is 1. The smallest absolute Gasteiger partial charge is 0.309 e. The molecule has 2 aliphatic heterocycles. The molecule has 0 radical (unpaired) electrons. The Morgan fingerprint density at radius 1 is 1.42 bits per heavy atom. The Balaban J connectivity index is 2.23. The van der Waals surface area contributed by atoms with Crippen LogP contribution in [0.3, 0.4) is 0 Å². The van der Waals surface area contributed by atoms with Crippen LogP contribution >= 0.6 is 0 Å². The van der Waals surface area contributed by atoms with E-state index in [-0.39, 0.29) is 24.7 Å². The van der Waals surface area contributed by atoms with E-state index in [2.05, 4.69) is 0 Å². The first-order chi connectivity index (χ1) is 5.74. The molecule has 2 aliphatic rings. The van der Waals surface area contributed by atoms with Gasteiger partial charge in [-0.25, -0.2) is 0 Å². The summed E-state index contributed by atoms with van der Waals surface area (Å²) in [6.07, 6.45) is 3.06. The summed E-state index contributed by atoms with van der Waals surface area (Å²) in [5.41, 5.74) is 0. The molecule has 0 amide bonds. The molecule has 2 heterocycles. The molecule has 0 aromatic heterocycles. The normalized spacial score (nSPS) is 43.8. The van der Waals surface area contributed by atoms with Crippen LogP contribution in [0, 0.1) is 11.8 Å². The van der Waals surface area contributed by atoms with E-state index in [1.54, 1.807) is 6.08 Å². The summed E-state index contributed by atoms with van der Waals surface area (Å²) >= 11 is 0. The Morgan fingerprint density at radius 2 is 2.08 bits per heavy atom. The predicted molar refractivity (Wildman–Crippen MR) is 39.5 cm³/mol. The van der Waals surface area contributed by atoms with Crippen LogP contribution < -0.4 is 0 Å². The highest BCUT2D eigenvalue weighted by atomic mass is 16.5. The molecule has 1 saturated heterocycles. The number of aliphatic carboxylic acids is 1. The molecule has 0 aliphatic carbocycles. The van der Waals surface area contributed by atoms with Crippen LogP contribution in [-0.2, 0) is 9.53 Å². The summed E-state index contributed by atoms with van der Waals surface area (Å²) in [6, 6.07) is 0. The van der Waals surface area contributed by atoms with Gasteiger partial charge in [0.05, 0.1) is 18.1 Å². The molecule has 4 unspecified atom stereocenters. The first kappa shape index (κ1) is 7.76. The fourth-order valence-corrected chi connectivity index (χ4v) is 1.93. The molecule has 0 saturated carbocycles. The van der Waals surface area contributed by atoms with E-state index in [9.17, 15) is 4.79 Å². The third kappa shape index (κ3) is 0.884. The van der Waals surface area contributed by atoms with Gasteiger partial charge in [-0.05, 0) is 0 Å². The van der Waals surface area contributed by atoms with Gasteiger partial charge in [0, 0.05) is 12.5 Å². The van der Waals surface area contributed by atoms with E-state index in [0.717, 1.165) is 0 Å². The van der Waals surface area contributed by atoms with E-state index in [1.165, 1.54) is 0 Å². The van der Waals surface area contributed by atoms with Gasteiger partial charge in [0.25, 0.3) is 0 Å². The third-order valence-corrected chi connectivity index (χ3v) is 2.54. The second-order valence-electron chi connectivity index (χ2n) is 3.16. The molecule has 2 bridgehead atoms. The molecule has 12 heavy (non-hydrogen) atoms. The van der Waals surface area contributed by atoms with Crippen molar-refractivity contribution in [2.75, 3.05) is 6.61 Å². The van der Waals surface area contributed by atoms with Gasteiger partial charge in [0.2, 0.25) is 0 Å². The van der Waals surface area contributed by atoms with Gasteiger partial charge < -0.3 is 14.9 Å². The van der Waals surface area contributed by atoms with Gasteiger partial charge in [-0.3, -0.25) is 4.79 Å². The van der Waals surface area contributed by atoms with Crippen molar-refractivity contribution in [3.05, 3.63) is 12.2 Å². The highest BCUT2D eigenvalue weighted by Gasteiger charge is 2.49. The second-order valence-corrected chi connectivity index (χ2v) is 3.16. The lowest BCUT2D eigenvalue weighted by atomic mass is 9.84. The molecule has 2 rings (SSSR count). The van der Waals surface area contributed by atoms with Gasteiger partial charge in [0.15, 0.2) is 0 Å². The molecule has 4 nitrogen and oxygen atoms in total. The molecule has 0 aromatic carbocycles. The number of carbonyl (C=O) groups is 1. The number of ether oxygens (including phenoxy) is 1. The first-order valence-electron chi connectivity index (χ1n) is 3.91. The molecular formula is C8H10O4. The van der Waals surface area contributed by atoms with Crippen molar-refractivity contribution in [2.24, 2.45) is 11.8 Å². The van der Waals surface area contributed by atoms with Crippen molar-refractivity contribution in [3.63, 3.8) is 0 Å². The maximum atomic E-state index is 10.7. The zero-order valence-corrected chi connectivity index (χ0v) is 6.38. The van der Waals surface area contributed by atoms with Crippen molar-refractivity contribution < 1.29 is 19.7 Å². The van der Waals surface area contributed by atoms with Crippen LogP contribution in [0.2, 0.25) is 0 Å². The Hall–Kier alpha value is -0.870. The summed E-state index contributed by atoms with van der Waals surface area (Å²) in [4.78, 5) is 10.7. The lowest BCUT2D eigenvalue weighted by Gasteiger charge is -2.18. The van der Waals surface area contributed by atoms with Crippen molar-refractivity contribution in [1.82, 2.24) is 0 Å². The number of hydrogen-bond acceptors (Lipinski definition) is 3. The summed E-state index contributed by atoms with van der Waals surface area (Å²) in [6.45, 7) is -0.123. The van der Waals surface area contributed by atoms with Crippen molar-refractivity contribution in [1.29, 1.82) is 0 Å². The topological polar surface area (TPSA) is 66.8 Å². The first-order valence-corrected chi connectivity index (χ1v) is 3.91. The van der Waals surface area contributed by atoms with E-state index >= 15 is 0 Å². The quantitative estimate of drug-likeness (QED) is 0.555. The minimum Gasteiger partial charge on any atom is -0.481 e. The fraction of sp³-hybridized carbons (Fsp3) is 0.625. The van der Waals surface area contributed by atoms with Gasteiger partial charge in [-0.1, -0.05) is 12.2 Å². The SMILES string of the molecule is O=C(O)C1C2C=CC(O2)C1CO. The Morgan fingerprint density at radius 3 is 2.58 bits per heavy atom. The predicted octanol–water partition coefficient (Wildman–Crippen LogP) is -0.367. The number of carboxylic acids is 1. The largest absolute Gasteiger partial charge is 0.481 e. The highest BCUT2D eigenvalue weighted by molar-refractivity contribution is 5.72. The zero-order chi connectivity index (χ0) is 8.72. The number of rotatable bonds is 2. The average molecular weight is 170 g/mol. The van der Waals surface area contributed by atoms with Crippen LogP contribution in [0.1, 0.15) is 0 Å². The monoisotopic (exact) mass is 170 g/mol. The average Bonchev–Trinajstić information content (AvgIpc) is 2.60. The number of carboxylic acid groups (broad SMARTS) is 1. The molecule has 0 spiro atoms. The van der Waals surface area contributed by atoms with E-state index < -0.39 is 11.9 Å². The second kappa shape index (κ2) is 2.57.